The van der Waals surface area contributed by atoms with Gasteiger partial charge in [-0.1, -0.05) is 180 Å². The maximum absolute atomic E-state index is 7.28. The highest BCUT2D eigenvalue weighted by Crippen LogP contribution is 2.50. The molecule has 9 aromatic carbocycles. The number of nitrogens with zero attached hydrogens (tertiary/aromatic N) is 2. The van der Waals surface area contributed by atoms with Crippen LogP contribution >= 0.6 is 0 Å². The zero-order chi connectivity index (χ0) is 49.1. The molecule has 11 rings (SSSR count). The SMILES string of the molecule is CC(C)(C)c1ccc(N(c2ccc(C(C)(C)C)cc2)c2cc3oc4c(ccc5oc6cc(N(c7ccc(C(C)(C)C)cc7)c7ccc(C(C)(C)C)cc7)c7ccccc7c6c54)c3c3ccccc23)cc1. The van der Waals surface area contributed by atoms with Gasteiger partial charge in [-0.05, 0) is 115 Å². The van der Waals surface area contributed by atoms with Gasteiger partial charge in [0.15, 0.2) is 0 Å². The van der Waals surface area contributed by atoms with E-state index in [1.165, 1.54) is 22.3 Å². The molecule has 4 heteroatoms. The predicted octanol–water partition coefficient (Wildman–Crippen LogP) is 19.9. The fourth-order valence-corrected chi connectivity index (χ4v) is 10.4. The molecule has 70 heavy (non-hydrogen) atoms. The molecule has 0 bridgehead atoms. The van der Waals surface area contributed by atoms with E-state index < -0.39 is 0 Å². The fourth-order valence-electron chi connectivity index (χ4n) is 10.4. The summed E-state index contributed by atoms with van der Waals surface area (Å²) in [6.45, 7) is 27.2. The van der Waals surface area contributed by atoms with Crippen LogP contribution < -0.4 is 9.80 Å². The highest BCUT2D eigenvalue weighted by molar-refractivity contribution is 6.32. The maximum Gasteiger partial charge on any atom is 0.147 e. The lowest BCUT2D eigenvalue weighted by Crippen LogP contribution is -2.14. The van der Waals surface area contributed by atoms with Gasteiger partial charge in [0, 0.05) is 61.8 Å². The molecule has 350 valence electrons. The third kappa shape index (κ3) is 7.69. The molecule has 2 aromatic heterocycles. The minimum Gasteiger partial charge on any atom is -0.456 e. The van der Waals surface area contributed by atoms with Gasteiger partial charge < -0.3 is 18.6 Å². The van der Waals surface area contributed by atoms with Crippen LogP contribution in [0.2, 0.25) is 0 Å². The van der Waals surface area contributed by atoms with E-state index in [0.717, 1.165) is 99.5 Å². The Bertz CT molecular complexity index is 3650. The lowest BCUT2D eigenvalue weighted by Gasteiger charge is -2.29. The number of benzene rings is 9. The van der Waals surface area contributed by atoms with Gasteiger partial charge in [-0.15, -0.1) is 0 Å². The maximum atomic E-state index is 7.28. The van der Waals surface area contributed by atoms with Gasteiger partial charge in [0.05, 0.1) is 16.8 Å². The molecule has 0 saturated heterocycles. The predicted molar refractivity (Wildman–Crippen MR) is 300 cm³/mol. The summed E-state index contributed by atoms with van der Waals surface area (Å²) in [4.78, 5) is 4.78. The first-order valence-electron chi connectivity index (χ1n) is 24.9. The van der Waals surface area contributed by atoms with Crippen molar-refractivity contribution < 1.29 is 8.83 Å². The standard InChI is InChI=1S/C66H64N2O2/c1-63(2,3)41-21-29-45(30-22-41)67(46-31-23-42(24-32-46)64(4,5)6)54-39-57-59(51-19-15-13-17-49(51)54)53-37-38-56-61(62(53)70-57)60-52-20-16-14-18-50(52)55(40-58(60)69-56)68(47-33-25-43(26-34-47)65(7,8)9)48-35-27-44(28-36-48)66(10,11)12/h13-40H,1-12H3. The quantitative estimate of drug-likeness (QED) is 0.166. The van der Waals surface area contributed by atoms with Crippen LogP contribution in [0.4, 0.5) is 34.1 Å². The average molecular weight is 917 g/mol. The van der Waals surface area contributed by atoms with E-state index in [9.17, 15) is 0 Å². The van der Waals surface area contributed by atoms with Crippen LogP contribution in [0, 0.1) is 0 Å². The van der Waals surface area contributed by atoms with E-state index in [0.29, 0.717) is 0 Å². The summed E-state index contributed by atoms with van der Waals surface area (Å²) >= 11 is 0. The first kappa shape index (κ1) is 45.2. The fraction of sp³-hybridized carbons (Fsp3) is 0.242. The van der Waals surface area contributed by atoms with E-state index in [-0.39, 0.29) is 21.7 Å². The molecule has 0 aliphatic carbocycles. The van der Waals surface area contributed by atoms with Crippen molar-refractivity contribution in [2.24, 2.45) is 0 Å². The van der Waals surface area contributed by atoms with E-state index in [1.54, 1.807) is 0 Å². The summed E-state index contributed by atoms with van der Waals surface area (Å²) in [5.74, 6) is 0. The average Bonchev–Trinajstić information content (AvgIpc) is 3.90. The van der Waals surface area contributed by atoms with Crippen LogP contribution in [0.5, 0.6) is 0 Å². The van der Waals surface area contributed by atoms with Crippen LogP contribution in [0.3, 0.4) is 0 Å². The van der Waals surface area contributed by atoms with Crippen LogP contribution in [-0.4, -0.2) is 0 Å². The summed E-state index contributed by atoms with van der Waals surface area (Å²) in [5.41, 5.74) is 15.0. The summed E-state index contributed by atoms with van der Waals surface area (Å²) in [7, 11) is 0. The van der Waals surface area contributed by atoms with Gasteiger partial charge in [-0.2, -0.15) is 0 Å². The molecule has 0 aliphatic heterocycles. The molecule has 4 nitrogen and oxygen atoms in total. The van der Waals surface area contributed by atoms with Crippen molar-refractivity contribution in [2.75, 3.05) is 9.80 Å². The second kappa shape index (κ2) is 16.1. The van der Waals surface area contributed by atoms with Crippen molar-refractivity contribution in [3.05, 3.63) is 192 Å². The number of hydrogen-bond donors (Lipinski definition) is 0. The third-order valence-corrected chi connectivity index (χ3v) is 14.5. The smallest absolute Gasteiger partial charge is 0.147 e. The van der Waals surface area contributed by atoms with E-state index >= 15 is 0 Å². The molecule has 0 amide bonds. The Morgan fingerprint density at radius 1 is 0.286 bits per heavy atom. The summed E-state index contributed by atoms with van der Waals surface area (Å²) in [6, 6.07) is 62.6. The Morgan fingerprint density at radius 2 is 0.614 bits per heavy atom. The molecule has 0 spiro atoms. The number of rotatable bonds is 6. The zero-order valence-electron chi connectivity index (χ0n) is 42.9. The molecular weight excluding hydrogens is 853 g/mol. The first-order chi connectivity index (χ1) is 33.2. The van der Waals surface area contributed by atoms with Gasteiger partial charge in [0.25, 0.3) is 0 Å². The second-order valence-electron chi connectivity index (χ2n) is 23.5. The van der Waals surface area contributed by atoms with Gasteiger partial charge >= 0.3 is 0 Å². The van der Waals surface area contributed by atoms with Crippen molar-refractivity contribution in [1.82, 2.24) is 0 Å². The van der Waals surface area contributed by atoms with Crippen LogP contribution in [0.1, 0.15) is 105 Å². The molecule has 11 aromatic rings. The first-order valence-corrected chi connectivity index (χ1v) is 24.9. The summed E-state index contributed by atoms with van der Waals surface area (Å²) < 4.78 is 14.3. The van der Waals surface area contributed by atoms with Crippen LogP contribution in [0.25, 0.3) is 65.4 Å². The van der Waals surface area contributed by atoms with Gasteiger partial charge in [-0.3, -0.25) is 0 Å². The Kier molecular flexibility index (Phi) is 10.4. The minimum atomic E-state index is 0.0310. The Morgan fingerprint density at radius 3 is 0.971 bits per heavy atom. The topological polar surface area (TPSA) is 32.8 Å². The van der Waals surface area contributed by atoms with E-state index in [4.69, 9.17) is 8.83 Å². The molecule has 0 unspecified atom stereocenters. The molecule has 0 aliphatic rings. The number of fused-ring (bicyclic) bond motifs is 11. The highest BCUT2D eigenvalue weighted by Gasteiger charge is 2.27. The lowest BCUT2D eigenvalue weighted by atomic mass is 9.86. The number of furan rings is 2. The Balaban J connectivity index is 1.15. The molecule has 0 atom stereocenters. The largest absolute Gasteiger partial charge is 0.456 e. The minimum absolute atomic E-state index is 0.0310. The Labute approximate surface area is 413 Å². The zero-order valence-corrected chi connectivity index (χ0v) is 42.9. The molecule has 0 fully saturated rings. The molecule has 0 saturated carbocycles. The van der Waals surface area contributed by atoms with Crippen molar-refractivity contribution in [3.8, 4) is 0 Å². The van der Waals surface area contributed by atoms with Crippen molar-refractivity contribution >= 4 is 99.5 Å². The van der Waals surface area contributed by atoms with Crippen LogP contribution in [0.15, 0.2) is 179 Å². The molecule has 2 heterocycles. The summed E-state index contributed by atoms with van der Waals surface area (Å²) in [6.07, 6.45) is 0. The van der Waals surface area contributed by atoms with Crippen molar-refractivity contribution in [2.45, 2.75) is 105 Å². The highest BCUT2D eigenvalue weighted by atomic mass is 16.3. The molecule has 0 radical (unpaired) electrons. The van der Waals surface area contributed by atoms with Gasteiger partial charge in [0.1, 0.15) is 22.3 Å². The number of anilines is 6. The third-order valence-electron chi connectivity index (χ3n) is 14.5. The van der Waals surface area contributed by atoms with Gasteiger partial charge in [-0.25, -0.2) is 0 Å². The van der Waals surface area contributed by atoms with Crippen LogP contribution in [-0.2, 0) is 21.7 Å². The Hall–Kier alpha value is -7.30. The van der Waals surface area contributed by atoms with Gasteiger partial charge in [0.2, 0.25) is 0 Å². The van der Waals surface area contributed by atoms with E-state index in [2.05, 4.69) is 263 Å². The summed E-state index contributed by atoms with van der Waals surface area (Å²) in [5, 5.41) is 8.73. The molecular formula is C66H64N2O2. The second-order valence-corrected chi connectivity index (χ2v) is 23.5. The normalized spacial score (nSPS) is 12.9. The van der Waals surface area contributed by atoms with Crippen molar-refractivity contribution in [1.29, 1.82) is 0 Å². The molecule has 0 N–H and O–H groups in total. The monoisotopic (exact) mass is 916 g/mol. The number of hydrogen-bond acceptors (Lipinski definition) is 4. The lowest BCUT2D eigenvalue weighted by molar-refractivity contribution is 0.590. The van der Waals surface area contributed by atoms with Crippen molar-refractivity contribution in [3.63, 3.8) is 0 Å². The van der Waals surface area contributed by atoms with E-state index in [1.807, 2.05) is 0 Å².